The van der Waals surface area contributed by atoms with E-state index < -0.39 is 17.5 Å². The molecule has 0 spiro atoms. The number of non-ortho nitro benzene ring substituents is 1. The van der Waals surface area contributed by atoms with Gasteiger partial charge >= 0.3 is 12.2 Å². The Bertz CT molecular complexity index is 2190. The number of amides is 2. The quantitative estimate of drug-likeness (QED) is 0.0798. The number of hydrogen-bond acceptors (Lipinski definition) is 12. The van der Waals surface area contributed by atoms with Crippen LogP contribution < -0.4 is 9.80 Å². The molecule has 0 N–H and O–H groups in total. The molecule has 0 unspecified atom stereocenters. The average Bonchev–Trinajstić information content (AvgIpc) is 3.26. The third kappa shape index (κ3) is 18.4. The number of carbonyl (C=O) groups excluding carboxylic acids is 2. The highest BCUT2D eigenvalue weighted by atomic mass is 79.9. The van der Waals surface area contributed by atoms with Crippen molar-refractivity contribution >= 4 is 45.2 Å². The topological polar surface area (TPSA) is 153 Å². The van der Waals surface area contributed by atoms with E-state index in [4.69, 9.17) is 18.9 Å². The normalized spacial score (nSPS) is 14.3. The first-order valence-corrected chi connectivity index (χ1v) is 23.9. The van der Waals surface area contributed by atoms with Gasteiger partial charge in [0.15, 0.2) is 0 Å². The van der Waals surface area contributed by atoms with Crippen LogP contribution in [0.25, 0.3) is 0 Å². The molecule has 2 aromatic heterocycles. The summed E-state index contributed by atoms with van der Waals surface area (Å²) in [7, 11) is 0. The van der Waals surface area contributed by atoms with Gasteiger partial charge < -0.3 is 38.5 Å². The van der Waals surface area contributed by atoms with Crippen LogP contribution in [0.3, 0.4) is 0 Å². The fraction of sp³-hybridized carbons (Fsp3) is 0.529. The number of rotatable bonds is 11. The predicted octanol–water partition coefficient (Wildman–Crippen LogP) is 11.0. The summed E-state index contributed by atoms with van der Waals surface area (Å²) < 4.78 is 23.2. The zero-order valence-electron chi connectivity index (χ0n) is 41.6. The average molecular weight is 991 g/mol. The molecule has 2 amide bonds. The number of aromatic nitrogens is 2. The van der Waals surface area contributed by atoms with Gasteiger partial charge in [0.2, 0.25) is 6.29 Å². The third-order valence-corrected chi connectivity index (χ3v) is 10.9. The summed E-state index contributed by atoms with van der Waals surface area (Å²) in [5.74, 6) is 0.521. The second kappa shape index (κ2) is 25.2. The van der Waals surface area contributed by atoms with Gasteiger partial charge in [0.25, 0.3) is 5.69 Å². The van der Waals surface area contributed by atoms with E-state index in [9.17, 15) is 19.7 Å². The van der Waals surface area contributed by atoms with Crippen molar-refractivity contribution in [3.8, 4) is 0 Å². The van der Waals surface area contributed by atoms with Crippen LogP contribution in [0.1, 0.15) is 115 Å². The Morgan fingerprint density at radius 2 is 1.15 bits per heavy atom. The highest BCUT2D eigenvalue weighted by molar-refractivity contribution is 9.10. The van der Waals surface area contributed by atoms with Crippen molar-refractivity contribution in [2.24, 2.45) is 0 Å². The molecule has 2 aliphatic rings. The number of halogens is 1. The van der Waals surface area contributed by atoms with Gasteiger partial charge in [-0.05, 0) is 156 Å². The fourth-order valence-corrected chi connectivity index (χ4v) is 7.50. The Hall–Kier alpha value is -5.32. The van der Waals surface area contributed by atoms with Crippen molar-refractivity contribution in [2.75, 3.05) is 75.4 Å². The van der Waals surface area contributed by atoms with Gasteiger partial charge in [0, 0.05) is 112 Å². The summed E-state index contributed by atoms with van der Waals surface area (Å²) in [5.41, 5.74) is 7.51. The van der Waals surface area contributed by atoms with Crippen LogP contribution in [0.4, 0.5) is 26.7 Å². The molecule has 16 heteroatoms. The molecule has 15 nitrogen and oxygen atoms in total. The molecule has 6 rings (SSSR count). The maximum Gasteiger partial charge on any atom is 0.410 e. The van der Waals surface area contributed by atoms with E-state index in [-0.39, 0.29) is 22.8 Å². The molecule has 2 fully saturated rings. The molecule has 366 valence electrons. The number of nitrogens with zero attached hydrogens (tertiary/aromatic N) is 7. The van der Waals surface area contributed by atoms with Crippen LogP contribution >= 0.6 is 15.9 Å². The van der Waals surface area contributed by atoms with Gasteiger partial charge in [-0.25, -0.2) is 9.59 Å². The van der Waals surface area contributed by atoms with Gasteiger partial charge in [-0.3, -0.25) is 20.1 Å². The van der Waals surface area contributed by atoms with Crippen molar-refractivity contribution in [3.05, 3.63) is 121 Å². The minimum Gasteiger partial charge on any atom is -0.444 e. The minimum atomic E-state index is -0.509. The second-order valence-electron chi connectivity index (χ2n) is 18.9. The number of carbonyl (C=O) groups is 2. The number of hydrogen-bond donors (Lipinski definition) is 0. The van der Waals surface area contributed by atoms with Crippen molar-refractivity contribution < 1.29 is 33.5 Å². The van der Waals surface area contributed by atoms with E-state index >= 15 is 0 Å². The lowest BCUT2D eigenvalue weighted by atomic mass is 10.0. The molecule has 2 aromatic carbocycles. The number of aryl methyl sites for hydroxylation is 2. The van der Waals surface area contributed by atoms with E-state index in [1.807, 2.05) is 99.0 Å². The lowest BCUT2D eigenvalue weighted by molar-refractivity contribution is -0.384. The lowest BCUT2D eigenvalue weighted by Crippen LogP contribution is -2.50. The molecule has 4 heterocycles. The second-order valence-corrected chi connectivity index (χ2v) is 19.9. The van der Waals surface area contributed by atoms with Gasteiger partial charge in [0.1, 0.15) is 11.2 Å². The van der Waals surface area contributed by atoms with Gasteiger partial charge in [-0.2, -0.15) is 0 Å². The first-order valence-electron chi connectivity index (χ1n) is 23.2. The standard InChI is InChI=1S/C27H39N3O4.C16H23N3O4.C8H10BrN/c1-7-32-25(33-8-2)24-10-9-21(19-28-24)17-22-15-20(3)16-23(18-22)29-11-13-30(14-12-29)26(31)34-27(4,5)6;1-12-9-13(11-14(10-12)19(21)22)17-5-7-18(8-6-17)15(20)23-16(2,3)4;1-6(2)8-4-3-7(9)5-10-8/h9-10,15-16,18-19,25H,7-8,11-14,17H2,1-6H3;9-11H,5-8H2,1-4H3;3-6H,1-2H3. The number of nitro groups is 1. The largest absolute Gasteiger partial charge is 0.444 e. The number of benzene rings is 2. The van der Waals surface area contributed by atoms with Crippen molar-refractivity contribution in [2.45, 2.75) is 113 Å². The zero-order chi connectivity index (χ0) is 49.5. The van der Waals surface area contributed by atoms with E-state index in [0.717, 1.165) is 52.2 Å². The van der Waals surface area contributed by atoms with Crippen LogP contribution in [0, 0.1) is 24.0 Å². The molecule has 0 atom stereocenters. The Labute approximate surface area is 406 Å². The molecule has 4 aromatic rings. The molecule has 67 heavy (non-hydrogen) atoms. The molecule has 2 saturated heterocycles. The van der Waals surface area contributed by atoms with Crippen LogP contribution in [0.2, 0.25) is 0 Å². The molecule has 2 aliphatic heterocycles. The third-order valence-electron chi connectivity index (χ3n) is 10.4. The number of pyridine rings is 2. The highest BCUT2D eigenvalue weighted by Gasteiger charge is 2.28. The van der Waals surface area contributed by atoms with E-state index in [1.54, 1.807) is 21.9 Å². The summed E-state index contributed by atoms with van der Waals surface area (Å²) >= 11 is 3.33. The number of ether oxygens (including phenoxy) is 4. The highest BCUT2D eigenvalue weighted by Crippen LogP contribution is 2.27. The fourth-order valence-electron chi connectivity index (χ4n) is 7.27. The Kier molecular flexibility index (Phi) is 20.4. The monoisotopic (exact) mass is 989 g/mol. The summed E-state index contributed by atoms with van der Waals surface area (Å²) in [6.07, 6.45) is 3.57. The molecule has 0 aliphatic carbocycles. The molecule has 0 saturated carbocycles. The smallest absolute Gasteiger partial charge is 0.410 e. The maximum atomic E-state index is 12.4. The van der Waals surface area contributed by atoms with Crippen LogP contribution in [0.5, 0.6) is 0 Å². The lowest BCUT2D eigenvalue weighted by Gasteiger charge is -2.37. The van der Waals surface area contributed by atoms with E-state index in [1.165, 1.54) is 16.8 Å². The first-order chi connectivity index (χ1) is 31.5. The Morgan fingerprint density at radius 1 is 0.672 bits per heavy atom. The minimum absolute atomic E-state index is 0.0922. The summed E-state index contributed by atoms with van der Waals surface area (Å²) in [4.78, 5) is 51.7. The first kappa shape index (κ1) is 54.3. The van der Waals surface area contributed by atoms with Crippen molar-refractivity contribution in [3.63, 3.8) is 0 Å². The predicted molar refractivity (Wildman–Crippen MR) is 268 cm³/mol. The zero-order valence-corrected chi connectivity index (χ0v) is 43.2. The van der Waals surface area contributed by atoms with Gasteiger partial charge in [-0.1, -0.05) is 26.0 Å². The van der Waals surface area contributed by atoms with Crippen LogP contribution in [-0.2, 0) is 25.4 Å². The Balaban J connectivity index is 0.000000254. The van der Waals surface area contributed by atoms with Crippen LogP contribution in [0.15, 0.2) is 77.5 Å². The Morgan fingerprint density at radius 3 is 1.57 bits per heavy atom. The number of anilines is 2. The number of piperazine rings is 2. The van der Waals surface area contributed by atoms with Crippen LogP contribution in [-0.4, -0.2) is 114 Å². The van der Waals surface area contributed by atoms with Crippen molar-refractivity contribution in [1.29, 1.82) is 0 Å². The van der Waals surface area contributed by atoms with E-state index in [2.05, 4.69) is 80.7 Å². The molecular weight excluding hydrogens is 919 g/mol. The maximum absolute atomic E-state index is 12.4. The summed E-state index contributed by atoms with van der Waals surface area (Å²) in [5, 5.41) is 11.0. The number of nitro benzene ring substituents is 1. The van der Waals surface area contributed by atoms with Crippen molar-refractivity contribution in [1.82, 2.24) is 19.8 Å². The van der Waals surface area contributed by atoms with Gasteiger partial charge in [-0.15, -0.1) is 0 Å². The molecule has 0 bridgehead atoms. The molecular formula is C51H72BrN7O8. The molecule has 0 radical (unpaired) electrons. The summed E-state index contributed by atoms with van der Waals surface area (Å²) in [6, 6.07) is 19.9. The SMILES string of the molecule is CC(C)c1ccc(Br)cn1.CCOC(OCC)c1ccc(Cc2cc(C)cc(N3CCN(C(=O)OC(C)(C)C)CC3)c2)cn1.Cc1cc(N2CCN(C(=O)OC(C)(C)C)CC2)cc([N+](=O)[O-])c1. The summed E-state index contributed by atoms with van der Waals surface area (Å²) in [6.45, 7) is 29.7. The van der Waals surface area contributed by atoms with Gasteiger partial charge in [0.05, 0.1) is 10.6 Å². The van der Waals surface area contributed by atoms with E-state index in [0.29, 0.717) is 58.4 Å².